The Labute approximate surface area is 173 Å². The number of benzene rings is 2. The SMILES string of the molecule is O=C(CC[C@H]1Nc2c3ccccc3nc(=S)n2C1=O)N1CCc2ccccc2C1. The van der Waals surface area contributed by atoms with E-state index in [1.165, 1.54) is 15.7 Å². The zero-order valence-electron chi connectivity index (χ0n) is 15.8. The van der Waals surface area contributed by atoms with E-state index in [2.05, 4.69) is 22.4 Å². The molecule has 7 heteroatoms. The van der Waals surface area contributed by atoms with Gasteiger partial charge in [0.25, 0.3) is 5.91 Å². The number of nitrogens with zero attached hydrogens (tertiary/aromatic N) is 3. The van der Waals surface area contributed by atoms with Crippen LogP contribution < -0.4 is 5.32 Å². The van der Waals surface area contributed by atoms with Crippen molar-refractivity contribution in [1.82, 2.24) is 14.5 Å². The molecule has 0 radical (unpaired) electrons. The number of hydrogen-bond donors (Lipinski definition) is 1. The Morgan fingerprint density at radius 2 is 1.90 bits per heavy atom. The van der Waals surface area contributed by atoms with Gasteiger partial charge in [0.05, 0.1) is 5.52 Å². The summed E-state index contributed by atoms with van der Waals surface area (Å²) in [5.41, 5.74) is 3.28. The molecule has 0 unspecified atom stereocenters. The molecule has 0 saturated heterocycles. The van der Waals surface area contributed by atoms with Gasteiger partial charge in [-0.3, -0.25) is 9.59 Å². The maximum absolute atomic E-state index is 12.9. The summed E-state index contributed by atoms with van der Waals surface area (Å²) in [4.78, 5) is 31.9. The van der Waals surface area contributed by atoms with Gasteiger partial charge < -0.3 is 10.2 Å². The highest BCUT2D eigenvalue weighted by molar-refractivity contribution is 7.71. The largest absolute Gasteiger partial charge is 0.359 e. The molecule has 1 atom stereocenters. The van der Waals surface area contributed by atoms with E-state index in [0.29, 0.717) is 25.2 Å². The predicted molar refractivity (Wildman–Crippen MR) is 113 cm³/mol. The maximum Gasteiger partial charge on any atom is 0.257 e. The molecule has 5 rings (SSSR count). The highest BCUT2D eigenvalue weighted by Gasteiger charge is 2.32. The van der Waals surface area contributed by atoms with Crippen molar-refractivity contribution >= 4 is 40.8 Å². The van der Waals surface area contributed by atoms with Crippen molar-refractivity contribution in [1.29, 1.82) is 0 Å². The normalized spacial score (nSPS) is 17.7. The molecule has 2 aromatic carbocycles. The van der Waals surface area contributed by atoms with Gasteiger partial charge in [0, 0.05) is 24.9 Å². The zero-order valence-corrected chi connectivity index (χ0v) is 16.6. The van der Waals surface area contributed by atoms with Gasteiger partial charge in [0.1, 0.15) is 11.9 Å². The summed E-state index contributed by atoms with van der Waals surface area (Å²) in [6, 6.07) is 15.4. The number of carbonyl (C=O) groups excluding carboxylic acids is 2. The fourth-order valence-electron chi connectivity index (χ4n) is 4.20. The third-order valence-electron chi connectivity index (χ3n) is 5.75. The Bertz CT molecular complexity index is 1200. The molecule has 1 amide bonds. The summed E-state index contributed by atoms with van der Waals surface area (Å²) in [6.45, 7) is 1.36. The van der Waals surface area contributed by atoms with Crippen LogP contribution in [-0.4, -0.2) is 38.9 Å². The van der Waals surface area contributed by atoms with Crippen LogP contribution in [0.1, 0.15) is 28.8 Å². The molecular weight excluding hydrogens is 384 g/mol. The lowest BCUT2D eigenvalue weighted by atomic mass is 9.99. The van der Waals surface area contributed by atoms with Gasteiger partial charge in [-0.2, -0.15) is 0 Å². The highest BCUT2D eigenvalue weighted by Crippen LogP contribution is 2.29. The summed E-state index contributed by atoms with van der Waals surface area (Å²) in [5, 5.41) is 4.14. The Kier molecular flexibility index (Phi) is 4.39. The van der Waals surface area contributed by atoms with Crippen LogP contribution in [0, 0.1) is 4.77 Å². The Balaban J connectivity index is 1.30. The minimum absolute atomic E-state index is 0.0802. The van der Waals surface area contributed by atoms with Crippen LogP contribution in [0.15, 0.2) is 48.5 Å². The monoisotopic (exact) mass is 404 g/mol. The van der Waals surface area contributed by atoms with E-state index < -0.39 is 6.04 Å². The van der Waals surface area contributed by atoms with E-state index in [-0.39, 0.29) is 16.6 Å². The highest BCUT2D eigenvalue weighted by atomic mass is 32.1. The number of nitrogens with one attached hydrogen (secondary N) is 1. The molecule has 2 aliphatic rings. The van der Waals surface area contributed by atoms with Gasteiger partial charge in [-0.25, -0.2) is 9.55 Å². The van der Waals surface area contributed by atoms with Gasteiger partial charge in [-0.15, -0.1) is 0 Å². The van der Waals surface area contributed by atoms with Gasteiger partial charge in [-0.1, -0.05) is 36.4 Å². The lowest BCUT2D eigenvalue weighted by molar-refractivity contribution is -0.132. The molecule has 1 N–H and O–H groups in total. The van der Waals surface area contributed by atoms with Crippen LogP contribution in [-0.2, 0) is 17.8 Å². The molecule has 146 valence electrons. The second kappa shape index (κ2) is 7.08. The number of aromatic nitrogens is 2. The first-order valence-electron chi connectivity index (χ1n) is 9.79. The van der Waals surface area contributed by atoms with Crippen molar-refractivity contribution < 1.29 is 9.59 Å². The van der Waals surface area contributed by atoms with E-state index >= 15 is 0 Å². The lowest BCUT2D eigenvalue weighted by Crippen LogP contribution is -2.37. The third kappa shape index (κ3) is 3.11. The zero-order chi connectivity index (χ0) is 20.0. The number of para-hydroxylation sites is 1. The van der Waals surface area contributed by atoms with E-state index in [0.717, 1.165) is 23.9 Å². The average Bonchev–Trinajstić information content (AvgIpc) is 3.09. The molecular formula is C22H20N4O2S. The smallest absolute Gasteiger partial charge is 0.257 e. The van der Waals surface area contributed by atoms with Gasteiger partial charge in [-0.05, 0) is 48.3 Å². The summed E-state index contributed by atoms with van der Waals surface area (Å²) in [6.07, 6.45) is 1.62. The molecule has 0 fully saturated rings. The molecule has 0 saturated carbocycles. The minimum Gasteiger partial charge on any atom is -0.359 e. The number of fused-ring (bicyclic) bond motifs is 4. The Hall–Kier alpha value is -3.06. The number of rotatable bonds is 3. The van der Waals surface area contributed by atoms with E-state index in [4.69, 9.17) is 12.2 Å². The van der Waals surface area contributed by atoms with E-state index in [1.54, 1.807) is 0 Å². The molecule has 0 aliphatic carbocycles. The number of anilines is 1. The van der Waals surface area contributed by atoms with Gasteiger partial charge in [0.15, 0.2) is 0 Å². The fraction of sp³-hybridized carbons (Fsp3) is 0.273. The fourth-order valence-corrected chi connectivity index (χ4v) is 4.48. The van der Waals surface area contributed by atoms with Crippen molar-refractivity contribution in [3.63, 3.8) is 0 Å². The van der Waals surface area contributed by atoms with Crippen molar-refractivity contribution in [2.24, 2.45) is 0 Å². The number of hydrogen-bond acceptors (Lipinski definition) is 5. The average molecular weight is 404 g/mol. The van der Waals surface area contributed by atoms with Crippen molar-refractivity contribution in [3.05, 3.63) is 64.4 Å². The van der Waals surface area contributed by atoms with E-state index in [9.17, 15) is 9.59 Å². The van der Waals surface area contributed by atoms with Crippen LogP contribution in [0.4, 0.5) is 5.82 Å². The second-order valence-electron chi connectivity index (χ2n) is 7.50. The molecule has 1 aromatic heterocycles. The molecule has 0 spiro atoms. The van der Waals surface area contributed by atoms with Crippen LogP contribution in [0.3, 0.4) is 0 Å². The molecule has 6 nitrogen and oxygen atoms in total. The quantitative estimate of drug-likeness (QED) is 0.676. The molecule has 2 aliphatic heterocycles. The topological polar surface area (TPSA) is 67.2 Å². The molecule has 29 heavy (non-hydrogen) atoms. The number of carbonyl (C=O) groups is 2. The first-order valence-corrected chi connectivity index (χ1v) is 10.2. The van der Waals surface area contributed by atoms with Gasteiger partial charge >= 0.3 is 0 Å². The molecule has 0 bridgehead atoms. The van der Waals surface area contributed by atoms with Crippen LogP contribution in [0.5, 0.6) is 0 Å². The number of amides is 1. The van der Waals surface area contributed by atoms with Crippen LogP contribution in [0.2, 0.25) is 0 Å². The maximum atomic E-state index is 12.9. The third-order valence-corrected chi connectivity index (χ3v) is 6.02. The van der Waals surface area contributed by atoms with Crippen LogP contribution in [0.25, 0.3) is 10.9 Å². The summed E-state index contributed by atoms with van der Waals surface area (Å²) in [7, 11) is 0. The summed E-state index contributed by atoms with van der Waals surface area (Å²) >= 11 is 5.33. The Morgan fingerprint density at radius 1 is 1.14 bits per heavy atom. The van der Waals surface area contributed by atoms with Crippen molar-refractivity contribution in [3.8, 4) is 0 Å². The van der Waals surface area contributed by atoms with Crippen molar-refractivity contribution in [2.45, 2.75) is 31.8 Å². The molecule has 3 aromatic rings. The van der Waals surface area contributed by atoms with Gasteiger partial charge in [0.2, 0.25) is 10.7 Å². The minimum atomic E-state index is -0.467. The summed E-state index contributed by atoms with van der Waals surface area (Å²) < 4.78 is 1.71. The van der Waals surface area contributed by atoms with Crippen LogP contribution >= 0.6 is 12.2 Å². The van der Waals surface area contributed by atoms with Crippen molar-refractivity contribution in [2.75, 3.05) is 11.9 Å². The van der Waals surface area contributed by atoms with E-state index in [1.807, 2.05) is 41.3 Å². The standard InChI is InChI=1S/C22H20N4O2S/c27-19(25-12-11-14-5-1-2-6-15(14)13-25)10-9-18-21(28)26-20(23-18)16-7-3-4-8-17(16)24-22(26)29/h1-8,18,23H,9-13H2/t18-/m1/s1. The summed E-state index contributed by atoms with van der Waals surface area (Å²) in [5.74, 6) is 0.617. The lowest BCUT2D eigenvalue weighted by Gasteiger charge is -2.29. The predicted octanol–water partition coefficient (Wildman–Crippen LogP) is 3.57. The molecule has 3 heterocycles. The second-order valence-corrected chi connectivity index (χ2v) is 7.87. The Morgan fingerprint density at radius 3 is 2.76 bits per heavy atom. The first-order chi connectivity index (χ1) is 14.1. The first kappa shape index (κ1) is 18.0.